The van der Waals surface area contributed by atoms with Gasteiger partial charge in [-0.15, -0.1) is 0 Å². The number of hydrogen-bond acceptors (Lipinski definition) is 0. The van der Waals surface area contributed by atoms with Crippen molar-refractivity contribution in [2.24, 2.45) is 0 Å². The normalized spacial score (nSPS) is 17.3. The lowest BCUT2D eigenvalue weighted by molar-refractivity contribution is 0.978. The second-order valence-corrected chi connectivity index (χ2v) is 3.04. The zero-order valence-electron chi connectivity index (χ0n) is 7.48. The molecule has 11 heavy (non-hydrogen) atoms. The summed E-state index contributed by atoms with van der Waals surface area (Å²) in [7, 11) is 0. The third-order valence-corrected chi connectivity index (χ3v) is 2.20. The second kappa shape index (κ2) is 3.56. The van der Waals surface area contributed by atoms with Gasteiger partial charge in [-0.1, -0.05) is 25.7 Å². The highest BCUT2D eigenvalue weighted by atomic mass is 14.1. The van der Waals surface area contributed by atoms with Crippen LogP contribution in [0.4, 0.5) is 0 Å². The molecule has 1 aliphatic rings. The largest absolute Gasteiger partial charge is 0.0952 e. The van der Waals surface area contributed by atoms with E-state index < -0.39 is 0 Å². The lowest BCUT2D eigenvalue weighted by Crippen LogP contribution is -1.93. The first kappa shape index (κ1) is 8.32. The highest BCUT2D eigenvalue weighted by Gasteiger charge is 2.05. The zero-order valence-corrected chi connectivity index (χ0v) is 7.48. The van der Waals surface area contributed by atoms with E-state index in [2.05, 4.69) is 32.6 Å². The molecular formula is C11H16. The molecule has 0 aromatic heterocycles. The van der Waals surface area contributed by atoms with E-state index in [-0.39, 0.29) is 0 Å². The van der Waals surface area contributed by atoms with Crippen LogP contribution in [0.25, 0.3) is 0 Å². The maximum Gasteiger partial charge on any atom is -0.0244 e. The Morgan fingerprint density at radius 2 is 2.09 bits per heavy atom. The van der Waals surface area contributed by atoms with Gasteiger partial charge in [0, 0.05) is 0 Å². The summed E-state index contributed by atoms with van der Waals surface area (Å²) in [5.41, 5.74) is 4.07. The maximum absolute atomic E-state index is 4.04. The number of hydrogen-bond donors (Lipinski definition) is 0. The van der Waals surface area contributed by atoms with E-state index in [1.54, 1.807) is 0 Å². The van der Waals surface area contributed by atoms with Gasteiger partial charge in [-0.2, -0.15) is 0 Å². The molecule has 60 valence electrons. The minimum Gasteiger partial charge on any atom is -0.0952 e. The molecule has 0 heterocycles. The van der Waals surface area contributed by atoms with Crippen molar-refractivity contribution in [2.45, 2.75) is 33.1 Å². The molecule has 0 heteroatoms. The summed E-state index contributed by atoms with van der Waals surface area (Å²) in [6, 6.07) is 0. The monoisotopic (exact) mass is 148 g/mol. The van der Waals surface area contributed by atoms with Crippen molar-refractivity contribution in [1.82, 2.24) is 0 Å². The molecule has 0 fully saturated rings. The Kier molecular flexibility index (Phi) is 2.70. The molecule has 0 bridgehead atoms. The Bertz CT molecular complexity index is 216. The minimum absolute atomic E-state index is 1.07. The SMILES string of the molecule is C=C(CC)C1=CCCC=C1C. The van der Waals surface area contributed by atoms with Crippen LogP contribution in [0.5, 0.6) is 0 Å². The second-order valence-electron chi connectivity index (χ2n) is 3.04. The summed E-state index contributed by atoms with van der Waals surface area (Å²) < 4.78 is 0. The van der Waals surface area contributed by atoms with Crippen LogP contribution >= 0.6 is 0 Å². The van der Waals surface area contributed by atoms with Crippen LogP contribution in [0, 0.1) is 0 Å². The molecule has 1 rings (SSSR count). The van der Waals surface area contributed by atoms with E-state index in [0.717, 1.165) is 6.42 Å². The molecule has 0 amide bonds. The third-order valence-electron chi connectivity index (χ3n) is 2.20. The van der Waals surface area contributed by atoms with Crippen molar-refractivity contribution in [3.8, 4) is 0 Å². The summed E-state index contributed by atoms with van der Waals surface area (Å²) in [6.07, 6.45) is 8.06. The summed E-state index contributed by atoms with van der Waals surface area (Å²) in [5, 5.41) is 0. The van der Waals surface area contributed by atoms with Gasteiger partial charge in [-0.05, 0) is 42.9 Å². The van der Waals surface area contributed by atoms with Crippen molar-refractivity contribution in [1.29, 1.82) is 0 Å². The van der Waals surface area contributed by atoms with Crippen molar-refractivity contribution >= 4 is 0 Å². The first-order valence-corrected chi connectivity index (χ1v) is 4.31. The van der Waals surface area contributed by atoms with Gasteiger partial charge in [0.05, 0.1) is 0 Å². The van der Waals surface area contributed by atoms with Crippen molar-refractivity contribution < 1.29 is 0 Å². The van der Waals surface area contributed by atoms with E-state index in [1.165, 1.54) is 29.6 Å². The van der Waals surface area contributed by atoms with Gasteiger partial charge in [0.2, 0.25) is 0 Å². The fourth-order valence-electron chi connectivity index (χ4n) is 1.41. The number of rotatable bonds is 2. The van der Waals surface area contributed by atoms with Crippen LogP contribution in [-0.4, -0.2) is 0 Å². The van der Waals surface area contributed by atoms with Gasteiger partial charge in [-0.25, -0.2) is 0 Å². The van der Waals surface area contributed by atoms with Crippen molar-refractivity contribution in [2.75, 3.05) is 0 Å². The first-order valence-electron chi connectivity index (χ1n) is 4.31. The molecule has 0 radical (unpaired) electrons. The lowest BCUT2D eigenvalue weighted by atomic mass is 9.92. The highest BCUT2D eigenvalue weighted by molar-refractivity contribution is 5.45. The standard InChI is InChI=1S/C11H16/c1-4-9(2)11-8-6-5-7-10(11)3/h7-8H,2,4-6H2,1,3H3. The van der Waals surface area contributed by atoms with E-state index in [4.69, 9.17) is 0 Å². The van der Waals surface area contributed by atoms with Crippen LogP contribution in [-0.2, 0) is 0 Å². The average molecular weight is 148 g/mol. The van der Waals surface area contributed by atoms with Crippen molar-refractivity contribution in [3.63, 3.8) is 0 Å². The van der Waals surface area contributed by atoms with E-state index in [0.29, 0.717) is 0 Å². The Morgan fingerprint density at radius 1 is 1.45 bits per heavy atom. The Labute approximate surface area is 69.3 Å². The molecule has 0 nitrogen and oxygen atoms in total. The minimum atomic E-state index is 1.07. The van der Waals surface area contributed by atoms with Crippen molar-refractivity contribution in [3.05, 3.63) is 35.5 Å². The molecular weight excluding hydrogens is 132 g/mol. The van der Waals surface area contributed by atoms with Crippen LogP contribution in [0.1, 0.15) is 33.1 Å². The molecule has 0 unspecified atom stereocenters. The van der Waals surface area contributed by atoms with E-state index in [1.807, 2.05) is 0 Å². The Balaban J connectivity index is 2.78. The summed E-state index contributed by atoms with van der Waals surface area (Å²) in [4.78, 5) is 0. The van der Waals surface area contributed by atoms with Gasteiger partial charge in [0.25, 0.3) is 0 Å². The van der Waals surface area contributed by atoms with Crippen LogP contribution < -0.4 is 0 Å². The summed E-state index contributed by atoms with van der Waals surface area (Å²) in [6.45, 7) is 8.37. The van der Waals surface area contributed by atoms with Gasteiger partial charge in [-0.3, -0.25) is 0 Å². The predicted molar refractivity (Wildman–Crippen MR) is 50.5 cm³/mol. The van der Waals surface area contributed by atoms with Gasteiger partial charge in [0.1, 0.15) is 0 Å². The molecule has 0 saturated heterocycles. The fraction of sp³-hybridized carbons (Fsp3) is 0.455. The molecule has 0 aromatic rings. The fourth-order valence-corrected chi connectivity index (χ4v) is 1.41. The zero-order chi connectivity index (χ0) is 8.27. The average Bonchev–Trinajstić information content (AvgIpc) is 2.04. The van der Waals surface area contributed by atoms with Gasteiger partial charge in [0.15, 0.2) is 0 Å². The maximum atomic E-state index is 4.04. The molecule has 0 N–H and O–H groups in total. The smallest absolute Gasteiger partial charge is 0.0244 e. The molecule has 0 aromatic carbocycles. The molecule has 0 atom stereocenters. The van der Waals surface area contributed by atoms with Crippen LogP contribution in [0.15, 0.2) is 35.5 Å². The Morgan fingerprint density at radius 3 is 2.64 bits per heavy atom. The van der Waals surface area contributed by atoms with Crippen LogP contribution in [0.3, 0.4) is 0 Å². The van der Waals surface area contributed by atoms with Crippen LogP contribution in [0.2, 0.25) is 0 Å². The first-order chi connectivity index (χ1) is 5.25. The number of allylic oxidation sites excluding steroid dienone is 5. The van der Waals surface area contributed by atoms with E-state index in [9.17, 15) is 0 Å². The Hall–Kier alpha value is -0.780. The molecule has 0 spiro atoms. The van der Waals surface area contributed by atoms with Gasteiger partial charge >= 0.3 is 0 Å². The predicted octanol–water partition coefficient (Wildman–Crippen LogP) is 3.62. The lowest BCUT2D eigenvalue weighted by Gasteiger charge is -2.13. The summed E-state index contributed by atoms with van der Waals surface area (Å²) >= 11 is 0. The van der Waals surface area contributed by atoms with E-state index >= 15 is 0 Å². The third kappa shape index (κ3) is 1.83. The molecule has 1 aliphatic carbocycles. The summed E-state index contributed by atoms with van der Waals surface area (Å²) in [5.74, 6) is 0. The molecule has 0 aliphatic heterocycles. The topological polar surface area (TPSA) is 0 Å². The van der Waals surface area contributed by atoms with Gasteiger partial charge < -0.3 is 0 Å². The highest BCUT2D eigenvalue weighted by Crippen LogP contribution is 2.25. The quantitative estimate of drug-likeness (QED) is 0.561. The molecule has 0 saturated carbocycles.